The van der Waals surface area contributed by atoms with E-state index in [0.717, 1.165) is 11.1 Å². The first-order valence-electron chi connectivity index (χ1n) is 4.92. The summed E-state index contributed by atoms with van der Waals surface area (Å²) in [7, 11) is 0. The van der Waals surface area contributed by atoms with E-state index in [9.17, 15) is 4.79 Å². The molecule has 0 aromatic heterocycles. The van der Waals surface area contributed by atoms with Gasteiger partial charge < -0.3 is 5.73 Å². The zero-order chi connectivity index (χ0) is 11.3. The third-order valence-electron chi connectivity index (χ3n) is 2.88. The van der Waals surface area contributed by atoms with E-state index in [-0.39, 0.29) is 5.78 Å². The fourth-order valence-corrected chi connectivity index (χ4v) is 2.27. The van der Waals surface area contributed by atoms with Crippen LogP contribution in [0.4, 0.5) is 5.69 Å². The zero-order valence-electron chi connectivity index (χ0n) is 8.33. The normalized spacial score (nSPS) is 12.4. The molecule has 2 nitrogen and oxygen atoms in total. The van der Waals surface area contributed by atoms with Crippen LogP contribution >= 0.6 is 11.6 Å². The van der Waals surface area contributed by atoms with Gasteiger partial charge in [0.2, 0.25) is 0 Å². The van der Waals surface area contributed by atoms with Crippen LogP contribution in [-0.4, -0.2) is 5.78 Å². The Bertz CT molecular complexity index is 619. The highest BCUT2D eigenvalue weighted by Crippen LogP contribution is 2.41. The van der Waals surface area contributed by atoms with Crippen LogP contribution < -0.4 is 5.73 Å². The lowest BCUT2D eigenvalue weighted by atomic mass is 10.1. The molecule has 78 valence electrons. The van der Waals surface area contributed by atoms with Gasteiger partial charge in [0.1, 0.15) is 0 Å². The topological polar surface area (TPSA) is 43.1 Å². The molecule has 0 heterocycles. The molecule has 0 unspecified atom stereocenters. The lowest BCUT2D eigenvalue weighted by Gasteiger charge is -2.04. The molecule has 2 aromatic carbocycles. The van der Waals surface area contributed by atoms with Crippen molar-refractivity contribution in [3.8, 4) is 11.1 Å². The largest absolute Gasteiger partial charge is 0.397 e. The third-order valence-corrected chi connectivity index (χ3v) is 3.21. The summed E-state index contributed by atoms with van der Waals surface area (Å²) in [6.07, 6.45) is 0. The van der Waals surface area contributed by atoms with Crippen molar-refractivity contribution in [2.45, 2.75) is 0 Å². The maximum Gasteiger partial charge on any atom is 0.196 e. The van der Waals surface area contributed by atoms with Crippen molar-refractivity contribution in [1.82, 2.24) is 0 Å². The maximum atomic E-state index is 12.1. The number of anilines is 1. The molecule has 16 heavy (non-hydrogen) atoms. The van der Waals surface area contributed by atoms with Crippen molar-refractivity contribution < 1.29 is 4.79 Å². The summed E-state index contributed by atoms with van der Waals surface area (Å²) in [5.74, 6) is -0.0365. The Morgan fingerprint density at radius 3 is 2.38 bits per heavy atom. The standard InChI is InChI=1S/C13H8ClNO/c14-10-6-5-8-7-3-1-2-4-9(7)13(16)11(8)12(10)15/h1-6H,15H2. The summed E-state index contributed by atoms with van der Waals surface area (Å²) in [6.45, 7) is 0. The van der Waals surface area contributed by atoms with Gasteiger partial charge in [0.05, 0.1) is 16.3 Å². The van der Waals surface area contributed by atoms with Gasteiger partial charge in [-0.2, -0.15) is 0 Å². The Kier molecular flexibility index (Phi) is 1.82. The summed E-state index contributed by atoms with van der Waals surface area (Å²) < 4.78 is 0. The Morgan fingerprint density at radius 2 is 1.62 bits per heavy atom. The number of fused-ring (bicyclic) bond motifs is 3. The van der Waals surface area contributed by atoms with E-state index in [4.69, 9.17) is 17.3 Å². The summed E-state index contributed by atoms with van der Waals surface area (Å²) in [5, 5.41) is 0.430. The monoisotopic (exact) mass is 229 g/mol. The first-order chi connectivity index (χ1) is 7.70. The predicted molar refractivity (Wildman–Crippen MR) is 64.7 cm³/mol. The fourth-order valence-electron chi connectivity index (χ4n) is 2.11. The molecule has 0 bridgehead atoms. The Hall–Kier alpha value is -1.80. The van der Waals surface area contributed by atoms with E-state index in [0.29, 0.717) is 21.8 Å². The second-order valence-electron chi connectivity index (χ2n) is 3.76. The summed E-state index contributed by atoms with van der Waals surface area (Å²) in [6, 6.07) is 11.1. The number of nitrogens with two attached hydrogens (primary N) is 1. The van der Waals surface area contributed by atoms with Gasteiger partial charge in [0, 0.05) is 5.56 Å². The van der Waals surface area contributed by atoms with E-state index < -0.39 is 0 Å². The number of carbonyl (C=O) groups excluding carboxylic acids is 1. The first-order valence-corrected chi connectivity index (χ1v) is 5.30. The molecular weight excluding hydrogens is 222 g/mol. The van der Waals surface area contributed by atoms with Gasteiger partial charge in [-0.05, 0) is 17.2 Å². The highest BCUT2D eigenvalue weighted by molar-refractivity contribution is 6.36. The quantitative estimate of drug-likeness (QED) is 0.602. The van der Waals surface area contributed by atoms with Crippen LogP contribution in [0.25, 0.3) is 11.1 Å². The minimum Gasteiger partial charge on any atom is -0.397 e. The number of ketones is 1. The Balaban J connectivity index is 2.42. The average Bonchev–Trinajstić information content (AvgIpc) is 2.59. The highest BCUT2D eigenvalue weighted by Gasteiger charge is 2.28. The van der Waals surface area contributed by atoms with Crippen molar-refractivity contribution in [3.63, 3.8) is 0 Å². The van der Waals surface area contributed by atoms with Crippen LogP contribution in [0.2, 0.25) is 5.02 Å². The van der Waals surface area contributed by atoms with Gasteiger partial charge in [-0.3, -0.25) is 4.79 Å². The molecule has 0 fully saturated rings. The lowest BCUT2D eigenvalue weighted by molar-refractivity contribution is 0.104. The summed E-state index contributed by atoms with van der Waals surface area (Å²) >= 11 is 5.92. The summed E-state index contributed by atoms with van der Waals surface area (Å²) in [4.78, 5) is 12.1. The molecule has 3 heteroatoms. The van der Waals surface area contributed by atoms with Gasteiger partial charge in [-0.1, -0.05) is 41.9 Å². The number of halogens is 1. The van der Waals surface area contributed by atoms with E-state index in [1.54, 1.807) is 6.07 Å². The lowest BCUT2D eigenvalue weighted by Crippen LogP contribution is -2.01. The highest BCUT2D eigenvalue weighted by atomic mass is 35.5. The van der Waals surface area contributed by atoms with Crippen LogP contribution in [-0.2, 0) is 0 Å². The van der Waals surface area contributed by atoms with Gasteiger partial charge in [-0.25, -0.2) is 0 Å². The average molecular weight is 230 g/mol. The van der Waals surface area contributed by atoms with E-state index in [1.165, 1.54) is 0 Å². The molecular formula is C13H8ClNO. The van der Waals surface area contributed by atoms with Gasteiger partial charge in [-0.15, -0.1) is 0 Å². The Morgan fingerprint density at radius 1 is 0.938 bits per heavy atom. The van der Waals surface area contributed by atoms with Crippen LogP contribution in [0.3, 0.4) is 0 Å². The molecule has 0 atom stereocenters. The van der Waals surface area contributed by atoms with Gasteiger partial charge in [0.25, 0.3) is 0 Å². The number of rotatable bonds is 0. The van der Waals surface area contributed by atoms with Crippen molar-refractivity contribution in [2.75, 3.05) is 5.73 Å². The fraction of sp³-hybridized carbons (Fsp3) is 0. The number of benzene rings is 2. The van der Waals surface area contributed by atoms with E-state index in [2.05, 4.69) is 0 Å². The van der Waals surface area contributed by atoms with Gasteiger partial charge >= 0.3 is 0 Å². The molecule has 0 radical (unpaired) electrons. The summed E-state index contributed by atoms with van der Waals surface area (Å²) in [5.41, 5.74) is 9.28. The molecule has 2 N–H and O–H groups in total. The van der Waals surface area contributed by atoms with Crippen molar-refractivity contribution in [1.29, 1.82) is 0 Å². The van der Waals surface area contributed by atoms with Crippen LogP contribution in [0, 0.1) is 0 Å². The SMILES string of the molecule is Nc1c(Cl)ccc2c1C(=O)c1ccccc1-2. The maximum absolute atomic E-state index is 12.1. The number of nitrogen functional groups attached to an aromatic ring is 1. The molecule has 1 aliphatic carbocycles. The number of hydrogen-bond acceptors (Lipinski definition) is 2. The molecule has 1 aliphatic rings. The number of carbonyl (C=O) groups is 1. The predicted octanol–water partition coefficient (Wildman–Crippen LogP) is 3.13. The van der Waals surface area contributed by atoms with Crippen LogP contribution in [0.1, 0.15) is 15.9 Å². The molecule has 3 rings (SSSR count). The van der Waals surface area contributed by atoms with Crippen LogP contribution in [0.15, 0.2) is 36.4 Å². The van der Waals surface area contributed by atoms with Crippen LogP contribution in [0.5, 0.6) is 0 Å². The smallest absolute Gasteiger partial charge is 0.196 e. The second-order valence-corrected chi connectivity index (χ2v) is 4.17. The first kappa shape index (κ1) is 9.43. The third kappa shape index (κ3) is 1.05. The second kappa shape index (κ2) is 3.09. The molecule has 0 saturated carbocycles. The minimum absolute atomic E-state index is 0.0365. The molecule has 0 spiro atoms. The number of hydrogen-bond donors (Lipinski definition) is 1. The molecule has 0 aliphatic heterocycles. The molecule has 0 saturated heterocycles. The van der Waals surface area contributed by atoms with Crippen molar-refractivity contribution >= 4 is 23.1 Å². The van der Waals surface area contributed by atoms with E-state index >= 15 is 0 Å². The Labute approximate surface area is 97.7 Å². The van der Waals surface area contributed by atoms with Gasteiger partial charge in [0.15, 0.2) is 5.78 Å². The zero-order valence-corrected chi connectivity index (χ0v) is 9.08. The molecule has 0 amide bonds. The van der Waals surface area contributed by atoms with Crippen molar-refractivity contribution in [2.24, 2.45) is 0 Å². The molecule has 2 aromatic rings. The minimum atomic E-state index is -0.0365. The van der Waals surface area contributed by atoms with E-state index in [1.807, 2.05) is 30.3 Å². The van der Waals surface area contributed by atoms with Crippen molar-refractivity contribution in [3.05, 3.63) is 52.5 Å².